The summed E-state index contributed by atoms with van der Waals surface area (Å²) in [6, 6.07) is 12.0. The third kappa shape index (κ3) is 5.24. The fraction of sp³-hybridized carbons (Fsp3) is 0.263. The van der Waals surface area contributed by atoms with Crippen LogP contribution in [0.15, 0.2) is 42.5 Å². The number of rotatable bonds is 7. The Labute approximate surface area is 147 Å². The summed E-state index contributed by atoms with van der Waals surface area (Å²) in [6.07, 6.45) is 1.24. The van der Waals surface area contributed by atoms with Gasteiger partial charge in [-0.2, -0.15) is 0 Å². The molecule has 0 aliphatic carbocycles. The van der Waals surface area contributed by atoms with Crippen LogP contribution in [-0.2, 0) is 4.79 Å². The minimum absolute atomic E-state index is 0.0523. The summed E-state index contributed by atoms with van der Waals surface area (Å²) in [5.74, 6) is 0.716. The van der Waals surface area contributed by atoms with E-state index < -0.39 is 0 Å². The number of anilines is 2. The van der Waals surface area contributed by atoms with Crippen LogP contribution in [0.4, 0.5) is 11.4 Å². The summed E-state index contributed by atoms with van der Waals surface area (Å²) in [4.78, 5) is 24.2. The topological polar surface area (TPSA) is 76.7 Å². The Morgan fingerprint density at radius 3 is 2.08 bits per heavy atom. The van der Waals surface area contributed by atoms with E-state index in [2.05, 4.69) is 10.6 Å². The van der Waals surface area contributed by atoms with Crippen LogP contribution >= 0.6 is 0 Å². The molecule has 2 aromatic rings. The molecule has 6 heteroatoms. The van der Waals surface area contributed by atoms with Crippen molar-refractivity contribution >= 4 is 23.2 Å². The largest absolute Gasteiger partial charge is 0.497 e. The summed E-state index contributed by atoms with van der Waals surface area (Å²) in [5, 5.41) is 5.61. The van der Waals surface area contributed by atoms with E-state index in [1.807, 2.05) is 6.92 Å². The normalized spacial score (nSPS) is 10.0. The fourth-order valence-electron chi connectivity index (χ4n) is 2.27. The SMILES string of the molecule is CCCC(=O)Nc1cccc(NC(=O)c2cc(OC)cc(OC)c2)c1. The number of hydrogen-bond donors (Lipinski definition) is 2. The van der Waals surface area contributed by atoms with Crippen LogP contribution in [0.2, 0.25) is 0 Å². The first-order valence-corrected chi connectivity index (χ1v) is 8.00. The zero-order valence-corrected chi connectivity index (χ0v) is 14.6. The summed E-state index contributed by atoms with van der Waals surface area (Å²) in [6.45, 7) is 1.94. The lowest BCUT2D eigenvalue weighted by Gasteiger charge is -2.10. The van der Waals surface area contributed by atoms with Crippen molar-refractivity contribution in [3.8, 4) is 11.5 Å². The number of benzene rings is 2. The third-order valence-corrected chi connectivity index (χ3v) is 3.49. The van der Waals surface area contributed by atoms with Gasteiger partial charge in [-0.25, -0.2) is 0 Å². The van der Waals surface area contributed by atoms with E-state index >= 15 is 0 Å². The maximum Gasteiger partial charge on any atom is 0.255 e. The highest BCUT2D eigenvalue weighted by molar-refractivity contribution is 6.05. The van der Waals surface area contributed by atoms with E-state index in [9.17, 15) is 9.59 Å². The van der Waals surface area contributed by atoms with Gasteiger partial charge >= 0.3 is 0 Å². The van der Waals surface area contributed by atoms with E-state index in [0.717, 1.165) is 6.42 Å². The van der Waals surface area contributed by atoms with Gasteiger partial charge in [0, 0.05) is 29.4 Å². The molecule has 132 valence electrons. The van der Waals surface area contributed by atoms with Gasteiger partial charge in [0.15, 0.2) is 0 Å². The molecule has 0 saturated carbocycles. The van der Waals surface area contributed by atoms with Crippen molar-refractivity contribution in [1.82, 2.24) is 0 Å². The van der Waals surface area contributed by atoms with Gasteiger partial charge in [0.2, 0.25) is 5.91 Å². The number of carbonyl (C=O) groups excluding carboxylic acids is 2. The number of methoxy groups -OCH3 is 2. The molecule has 0 spiro atoms. The van der Waals surface area contributed by atoms with Gasteiger partial charge in [0.25, 0.3) is 5.91 Å². The average molecular weight is 342 g/mol. The van der Waals surface area contributed by atoms with Gasteiger partial charge in [-0.3, -0.25) is 9.59 Å². The zero-order valence-electron chi connectivity index (χ0n) is 14.6. The maximum absolute atomic E-state index is 12.5. The van der Waals surface area contributed by atoms with Crippen molar-refractivity contribution in [2.24, 2.45) is 0 Å². The maximum atomic E-state index is 12.5. The average Bonchev–Trinajstić information content (AvgIpc) is 2.61. The van der Waals surface area contributed by atoms with Crippen LogP contribution in [0.3, 0.4) is 0 Å². The monoisotopic (exact) mass is 342 g/mol. The van der Waals surface area contributed by atoms with E-state index in [1.54, 1.807) is 42.5 Å². The molecule has 0 aliphatic rings. The standard InChI is InChI=1S/C19H22N2O4/c1-4-6-18(22)20-14-7-5-8-15(11-14)21-19(23)13-9-16(24-2)12-17(10-13)25-3/h5,7-12H,4,6H2,1-3H3,(H,20,22)(H,21,23). The molecule has 0 bridgehead atoms. The highest BCUT2D eigenvalue weighted by atomic mass is 16.5. The molecular weight excluding hydrogens is 320 g/mol. The van der Waals surface area contributed by atoms with E-state index in [-0.39, 0.29) is 11.8 Å². The van der Waals surface area contributed by atoms with Crippen molar-refractivity contribution < 1.29 is 19.1 Å². The molecule has 0 atom stereocenters. The molecule has 0 fully saturated rings. The molecule has 2 N–H and O–H groups in total. The Kier molecular flexibility index (Phi) is 6.39. The second-order valence-electron chi connectivity index (χ2n) is 5.43. The van der Waals surface area contributed by atoms with Crippen molar-refractivity contribution in [2.45, 2.75) is 19.8 Å². The number of carbonyl (C=O) groups is 2. The Morgan fingerprint density at radius 1 is 0.920 bits per heavy atom. The molecule has 2 amide bonds. The Bertz CT molecular complexity index is 737. The smallest absolute Gasteiger partial charge is 0.255 e. The van der Waals surface area contributed by atoms with Gasteiger partial charge < -0.3 is 20.1 Å². The quantitative estimate of drug-likeness (QED) is 0.804. The van der Waals surface area contributed by atoms with Crippen LogP contribution in [-0.4, -0.2) is 26.0 Å². The fourth-order valence-corrected chi connectivity index (χ4v) is 2.27. The lowest BCUT2D eigenvalue weighted by atomic mass is 10.1. The number of nitrogens with one attached hydrogen (secondary N) is 2. The van der Waals surface area contributed by atoms with Crippen molar-refractivity contribution in [2.75, 3.05) is 24.9 Å². The summed E-state index contributed by atoms with van der Waals surface area (Å²) in [5.41, 5.74) is 1.64. The minimum Gasteiger partial charge on any atom is -0.497 e. The lowest BCUT2D eigenvalue weighted by molar-refractivity contribution is -0.116. The summed E-state index contributed by atoms with van der Waals surface area (Å²) >= 11 is 0. The molecule has 2 rings (SSSR count). The summed E-state index contributed by atoms with van der Waals surface area (Å²) < 4.78 is 10.4. The third-order valence-electron chi connectivity index (χ3n) is 3.49. The Morgan fingerprint density at radius 2 is 1.52 bits per heavy atom. The first-order valence-electron chi connectivity index (χ1n) is 8.00. The molecule has 2 aromatic carbocycles. The van der Waals surface area contributed by atoms with Crippen LogP contribution in [0.5, 0.6) is 11.5 Å². The van der Waals surface area contributed by atoms with Gasteiger partial charge in [-0.1, -0.05) is 13.0 Å². The minimum atomic E-state index is -0.297. The van der Waals surface area contributed by atoms with Gasteiger partial charge in [0.05, 0.1) is 14.2 Å². The molecule has 0 heterocycles. The number of hydrogen-bond acceptors (Lipinski definition) is 4. The first-order chi connectivity index (χ1) is 12.0. The molecular formula is C19H22N2O4. The first kappa shape index (κ1) is 18.3. The highest BCUT2D eigenvalue weighted by Gasteiger charge is 2.11. The van der Waals surface area contributed by atoms with Crippen LogP contribution in [0.25, 0.3) is 0 Å². The molecule has 0 saturated heterocycles. The van der Waals surface area contributed by atoms with Crippen molar-refractivity contribution in [3.63, 3.8) is 0 Å². The van der Waals surface area contributed by atoms with Crippen LogP contribution in [0.1, 0.15) is 30.1 Å². The predicted octanol–water partition coefficient (Wildman–Crippen LogP) is 3.69. The van der Waals surface area contributed by atoms with Crippen LogP contribution in [0, 0.1) is 0 Å². The lowest BCUT2D eigenvalue weighted by Crippen LogP contribution is -2.13. The van der Waals surface area contributed by atoms with Gasteiger partial charge in [-0.05, 0) is 36.8 Å². The second-order valence-corrected chi connectivity index (χ2v) is 5.43. The molecule has 0 aromatic heterocycles. The van der Waals surface area contributed by atoms with Crippen molar-refractivity contribution in [3.05, 3.63) is 48.0 Å². The van der Waals surface area contributed by atoms with E-state index in [4.69, 9.17) is 9.47 Å². The Balaban J connectivity index is 2.14. The zero-order chi connectivity index (χ0) is 18.2. The second kappa shape index (κ2) is 8.73. The van der Waals surface area contributed by atoms with Crippen LogP contribution < -0.4 is 20.1 Å². The molecule has 0 radical (unpaired) electrons. The highest BCUT2D eigenvalue weighted by Crippen LogP contribution is 2.23. The Hall–Kier alpha value is -3.02. The van der Waals surface area contributed by atoms with E-state index in [1.165, 1.54) is 14.2 Å². The predicted molar refractivity (Wildman–Crippen MR) is 97.5 cm³/mol. The van der Waals surface area contributed by atoms with Gasteiger partial charge in [-0.15, -0.1) is 0 Å². The molecule has 25 heavy (non-hydrogen) atoms. The number of ether oxygens (including phenoxy) is 2. The number of amides is 2. The molecule has 0 unspecified atom stereocenters. The van der Waals surface area contributed by atoms with Gasteiger partial charge in [0.1, 0.15) is 11.5 Å². The molecule has 6 nitrogen and oxygen atoms in total. The van der Waals surface area contributed by atoms with E-state index in [0.29, 0.717) is 34.9 Å². The summed E-state index contributed by atoms with van der Waals surface area (Å²) in [7, 11) is 3.05. The van der Waals surface area contributed by atoms with Crippen molar-refractivity contribution in [1.29, 1.82) is 0 Å². The molecule has 0 aliphatic heterocycles.